The molecule has 1 unspecified atom stereocenters. The van der Waals surface area contributed by atoms with E-state index in [0.717, 1.165) is 5.56 Å². The molecule has 1 aromatic carbocycles. The number of amidine groups is 1. The Morgan fingerprint density at radius 1 is 1.45 bits per heavy atom. The zero-order chi connectivity index (χ0) is 15.3. The predicted octanol–water partition coefficient (Wildman–Crippen LogP) is 1.50. The minimum Gasteiger partial charge on any atom is -0.496 e. The molecule has 0 bridgehead atoms. The van der Waals surface area contributed by atoms with Gasteiger partial charge in [0, 0.05) is 0 Å². The highest BCUT2D eigenvalue weighted by Gasteiger charge is 2.23. The molecular weight excluding hydrogens is 258 g/mol. The minimum absolute atomic E-state index is 0.00865. The van der Waals surface area contributed by atoms with E-state index in [1.165, 1.54) is 7.11 Å². The Bertz CT molecular complexity index is 512. The number of hydrogen-bond acceptors (Lipinski definition) is 4. The molecule has 0 fully saturated rings. The Balaban J connectivity index is 3.03. The molecule has 0 aliphatic heterocycles. The predicted molar refractivity (Wildman–Crippen MR) is 77.2 cm³/mol. The number of carbonyl (C=O) groups is 1. The summed E-state index contributed by atoms with van der Waals surface area (Å²) in [6, 6.07) is 4.78. The van der Waals surface area contributed by atoms with Crippen LogP contribution in [-0.4, -0.2) is 30.1 Å². The van der Waals surface area contributed by atoms with Gasteiger partial charge in [-0.1, -0.05) is 30.6 Å². The standard InChI is InChI=1S/C14H21N3O3/c1-8(2)12(13(15)17-19)16-14(18)10-7-9(3)5-6-11(10)20-4/h5-8,12,19H,1-4H3,(H2,15,17)(H,16,18). The molecule has 0 saturated heterocycles. The monoisotopic (exact) mass is 279 g/mol. The van der Waals surface area contributed by atoms with Gasteiger partial charge in [0.15, 0.2) is 5.84 Å². The fourth-order valence-corrected chi connectivity index (χ4v) is 1.86. The molecule has 0 aromatic heterocycles. The van der Waals surface area contributed by atoms with E-state index in [0.29, 0.717) is 11.3 Å². The van der Waals surface area contributed by atoms with Crippen LogP contribution < -0.4 is 15.8 Å². The molecule has 20 heavy (non-hydrogen) atoms. The van der Waals surface area contributed by atoms with Crippen molar-refractivity contribution in [2.75, 3.05) is 7.11 Å². The minimum atomic E-state index is -0.544. The van der Waals surface area contributed by atoms with Crippen LogP contribution in [0.4, 0.5) is 0 Å². The van der Waals surface area contributed by atoms with Crippen LogP contribution in [0.5, 0.6) is 5.75 Å². The molecule has 0 spiro atoms. The van der Waals surface area contributed by atoms with Gasteiger partial charge in [-0.05, 0) is 25.0 Å². The van der Waals surface area contributed by atoms with Crippen LogP contribution in [0.2, 0.25) is 0 Å². The first-order valence-corrected chi connectivity index (χ1v) is 6.33. The van der Waals surface area contributed by atoms with Gasteiger partial charge in [0.1, 0.15) is 5.75 Å². The lowest BCUT2D eigenvalue weighted by atomic mass is 10.0. The fourth-order valence-electron chi connectivity index (χ4n) is 1.86. The Morgan fingerprint density at radius 2 is 2.10 bits per heavy atom. The number of nitrogens with zero attached hydrogens (tertiary/aromatic N) is 1. The van der Waals surface area contributed by atoms with Crippen LogP contribution in [0.1, 0.15) is 29.8 Å². The fraction of sp³-hybridized carbons (Fsp3) is 0.429. The van der Waals surface area contributed by atoms with Gasteiger partial charge in [-0.3, -0.25) is 4.79 Å². The Hall–Kier alpha value is -2.24. The van der Waals surface area contributed by atoms with E-state index in [1.807, 2.05) is 26.8 Å². The first kappa shape index (κ1) is 15.8. The maximum absolute atomic E-state index is 12.3. The highest BCUT2D eigenvalue weighted by Crippen LogP contribution is 2.20. The van der Waals surface area contributed by atoms with Crippen LogP contribution >= 0.6 is 0 Å². The quantitative estimate of drug-likeness (QED) is 0.329. The largest absolute Gasteiger partial charge is 0.496 e. The number of nitrogens with one attached hydrogen (secondary N) is 1. The van der Waals surface area contributed by atoms with Gasteiger partial charge in [-0.2, -0.15) is 0 Å². The smallest absolute Gasteiger partial charge is 0.255 e. The summed E-state index contributed by atoms with van der Waals surface area (Å²) in [6.45, 7) is 5.63. The van der Waals surface area contributed by atoms with Crippen molar-refractivity contribution in [1.29, 1.82) is 0 Å². The maximum Gasteiger partial charge on any atom is 0.255 e. The Kier molecular flexibility index (Phi) is 5.37. The van der Waals surface area contributed by atoms with Crippen molar-refractivity contribution in [3.8, 4) is 5.75 Å². The number of ether oxygens (including phenoxy) is 1. The molecule has 0 aliphatic rings. The molecule has 6 nitrogen and oxygen atoms in total. The number of hydrogen-bond donors (Lipinski definition) is 3. The molecule has 0 saturated carbocycles. The molecule has 1 aromatic rings. The van der Waals surface area contributed by atoms with Crippen LogP contribution in [0.3, 0.4) is 0 Å². The van der Waals surface area contributed by atoms with E-state index >= 15 is 0 Å². The van der Waals surface area contributed by atoms with Crippen LogP contribution in [0.15, 0.2) is 23.4 Å². The van der Waals surface area contributed by atoms with Crippen molar-refractivity contribution >= 4 is 11.7 Å². The second kappa shape index (κ2) is 6.79. The normalized spacial score (nSPS) is 13.2. The highest BCUT2D eigenvalue weighted by atomic mass is 16.5. The van der Waals surface area contributed by atoms with Crippen molar-refractivity contribution in [1.82, 2.24) is 5.32 Å². The molecule has 0 radical (unpaired) electrons. The third-order valence-electron chi connectivity index (χ3n) is 2.99. The molecular formula is C14H21N3O3. The molecule has 6 heteroatoms. The number of carbonyl (C=O) groups excluding carboxylic acids is 1. The average Bonchev–Trinajstić information content (AvgIpc) is 2.43. The highest BCUT2D eigenvalue weighted by molar-refractivity contribution is 6.00. The first-order valence-electron chi connectivity index (χ1n) is 6.33. The Labute approximate surface area is 118 Å². The molecule has 110 valence electrons. The summed E-state index contributed by atoms with van der Waals surface area (Å²) < 4.78 is 5.18. The summed E-state index contributed by atoms with van der Waals surface area (Å²) in [4.78, 5) is 12.3. The number of oxime groups is 1. The van der Waals surface area contributed by atoms with Crippen molar-refractivity contribution in [3.05, 3.63) is 29.3 Å². The zero-order valence-corrected chi connectivity index (χ0v) is 12.2. The van der Waals surface area contributed by atoms with Crippen LogP contribution in [-0.2, 0) is 0 Å². The van der Waals surface area contributed by atoms with Gasteiger partial charge >= 0.3 is 0 Å². The van der Waals surface area contributed by atoms with Gasteiger partial charge in [-0.25, -0.2) is 0 Å². The molecule has 1 amide bonds. The van der Waals surface area contributed by atoms with E-state index in [-0.39, 0.29) is 17.7 Å². The van der Waals surface area contributed by atoms with Gasteiger partial charge in [0.2, 0.25) is 0 Å². The van der Waals surface area contributed by atoms with E-state index < -0.39 is 6.04 Å². The lowest BCUT2D eigenvalue weighted by Gasteiger charge is -2.21. The lowest BCUT2D eigenvalue weighted by Crippen LogP contribution is -2.47. The van der Waals surface area contributed by atoms with Crippen LogP contribution in [0, 0.1) is 12.8 Å². The van der Waals surface area contributed by atoms with Crippen molar-refractivity contribution < 1.29 is 14.7 Å². The summed E-state index contributed by atoms with van der Waals surface area (Å²) in [7, 11) is 1.50. The van der Waals surface area contributed by atoms with E-state index in [9.17, 15) is 4.79 Å². The van der Waals surface area contributed by atoms with E-state index in [4.69, 9.17) is 15.7 Å². The van der Waals surface area contributed by atoms with Crippen molar-refractivity contribution in [2.24, 2.45) is 16.8 Å². The summed E-state index contributed by atoms with van der Waals surface area (Å²) >= 11 is 0. The third-order valence-corrected chi connectivity index (χ3v) is 2.99. The first-order chi connectivity index (χ1) is 9.40. The molecule has 1 atom stereocenters. The number of methoxy groups -OCH3 is 1. The van der Waals surface area contributed by atoms with E-state index in [2.05, 4.69) is 10.5 Å². The maximum atomic E-state index is 12.3. The number of benzene rings is 1. The summed E-state index contributed by atoms with van der Waals surface area (Å²) in [5, 5.41) is 14.5. The molecule has 4 N–H and O–H groups in total. The molecule has 1 rings (SSSR count). The average molecular weight is 279 g/mol. The van der Waals surface area contributed by atoms with Gasteiger partial charge in [0.05, 0.1) is 18.7 Å². The second-order valence-corrected chi connectivity index (χ2v) is 4.92. The van der Waals surface area contributed by atoms with E-state index in [1.54, 1.807) is 12.1 Å². The Morgan fingerprint density at radius 3 is 2.60 bits per heavy atom. The topological polar surface area (TPSA) is 96.9 Å². The van der Waals surface area contributed by atoms with Crippen LogP contribution in [0.25, 0.3) is 0 Å². The van der Waals surface area contributed by atoms with Gasteiger partial charge in [0.25, 0.3) is 5.91 Å². The number of aryl methyl sites for hydroxylation is 1. The molecule has 0 heterocycles. The van der Waals surface area contributed by atoms with Crippen molar-refractivity contribution in [3.63, 3.8) is 0 Å². The SMILES string of the molecule is COc1ccc(C)cc1C(=O)NC(C(N)=NO)C(C)C. The lowest BCUT2D eigenvalue weighted by molar-refractivity contribution is 0.0935. The number of amides is 1. The second-order valence-electron chi connectivity index (χ2n) is 4.92. The zero-order valence-electron chi connectivity index (χ0n) is 12.2. The van der Waals surface area contributed by atoms with Gasteiger partial charge < -0.3 is 21.0 Å². The number of rotatable bonds is 5. The summed E-state index contributed by atoms with van der Waals surface area (Å²) in [5.41, 5.74) is 6.96. The molecule has 0 aliphatic carbocycles. The summed E-state index contributed by atoms with van der Waals surface area (Å²) in [5.74, 6) is 0.122. The third kappa shape index (κ3) is 3.63. The number of nitrogens with two attached hydrogens (primary N) is 1. The van der Waals surface area contributed by atoms with Gasteiger partial charge in [-0.15, -0.1) is 0 Å². The van der Waals surface area contributed by atoms with Crippen molar-refractivity contribution in [2.45, 2.75) is 26.8 Å². The summed E-state index contributed by atoms with van der Waals surface area (Å²) in [6.07, 6.45) is 0.